The lowest BCUT2D eigenvalue weighted by Crippen LogP contribution is -2.20. The van der Waals surface area contributed by atoms with Gasteiger partial charge in [0, 0.05) is 6.04 Å². The van der Waals surface area contributed by atoms with Crippen molar-refractivity contribution in [3.8, 4) is 11.5 Å². The zero-order valence-electron chi connectivity index (χ0n) is 13.6. The number of nitrogens with one attached hydrogen (secondary N) is 1. The van der Waals surface area contributed by atoms with Crippen LogP contribution in [0.5, 0.6) is 11.5 Å². The first kappa shape index (κ1) is 16.8. The fourth-order valence-electron chi connectivity index (χ4n) is 2.76. The highest BCUT2D eigenvalue weighted by molar-refractivity contribution is 5.44. The quantitative estimate of drug-likeness (QED) is 0.922. The number of rotatable bonds is 3. The van der Waals surface area contributed by atoms with Crippen LogP contribution in [0.3, 0.4) is 0 Å². The molecule has 1 fully saturated rings. The molecular formula is C16H28N2O2. The van der Waals surface area contributed by atoms with Gasteiger partial charge in [0.2, 0.25) is 0 Å². The first-order chi connectivity index (χ1) is 9.58. The van der Waals surface area contributed by atoms with E-state index in [0.717, 1.165) is 11.5 Å². The first-order valence-corrected chi connectivity index (χ1v) is 7.09. The van der Waals surface area contributed by atoms with Crippen LogP contribution >= 0.6 is 0 Å². The fraction of sp³-hybridized carbons (Fsp3) is 0.625. The van der Waals surface area contributed by atoms with Gasteiger partial charge in [-0.2, -0.15) is 0 Å². The second-order valence-corrected chi connectivity index (χ2v) is 5.31. The Balaban J connectivity index is 0.000000612. The average Bonchev–Trinajstić information content (AvgIpc) is 2.78. The van der Waals surface area contributed by atoms with Crippen LogP contribution < -0.4 is 14.8 Å². The molecule has 114 valence electrons. The summed E-state index contributed by atoms with van der Waals surface area (Å²) in [4.78, 5) is 2.41. The predicted molar refractivity (Wildman–Crippen MR) is 83.7 cm³/mol. The van der Waals surface area contributed by atoms with E-state index in [1.807, 2.05) is 20.2 Å². The summed E-state index contributed by atoms with van der Waals surface area (Å²) in [6.45, 7) is 3.48. The predicted octanol–water partition coefficient (Wildman–Crippen LogP) is 2.55. The number of methoxy groups -OCH3 is 2. The SMILES string of the molecule is CNC.COc1ccc(C2C(C)CCN2C)cc1OC. The summed E-state index contributed by atoms with van der Waals surface area (Å²) in [5.41, 5.74) is 1.31. The van der Waals surface area contributed by atoms with Gasteiger partial charge in [-0.1, -0.05) is 13.0 Å². The standard InChI is InChI=1S/C14H21NO2.C2H7N/c1-10-7-8-15(2)14(10)11-5-6-12(16-3)13(9-11)17-4;1-3-2/h5-6,9-10,14H,7-8H2,1-4H3;3H,1-2H3. The van der Waals surface area contributed by atoms with Gasteiger partial charge in [0.25, 0.3) is 0 Å². The topological polar surface area (TPSA) is 33.7 Å². The van der Waals surface area contributed by atoms with Gasteiger partial charge in [-0.3, -0.25) is 4.90 Å². The summed E-state index contributed by atoms with van der Waals surface area (Å²) >= 11 is 0. The van der Waals surface area contributed by atoms with Gasteiger partial charge < -0.3 is 14.8 Å². The van der Waals surface area contributed by atoms with E-state index >= 15 is 0 Å². The van der Waals surface area contributed by atoms with Crippen molar-refractivity contribution in [1.29, 1.82) is 0 Å². The molecule has 1 N–H and O–H groups in total. The largest absolute Gasteiger partial charge is 0.493 e. The highest BCUT2D eigenvalue weighted by Crippen LogP contribution is 2.39. The molecule has 4 nitrogen and oxygen atoms in total. The molecular weight excluding hydrogens is 252 g/mol. The third-order valence-electron chi connectivity index (χ3n) is 3.70. The van der Waals surface area contributed by atoms with E-state index in [9.17, 15) is 0 Å². The molecule has 4 heteroatoms. The van der Waals surface area contributed by atoms with Crippen LogP contribution in [-0.4, -0.2) is 46.8 Å². The third kappa shape index (κ3) is 3.87. The van der Waals surface area contributed by atoms with Gasteiger partial charge in [0.05, 0.1) is 14.2 Å². The Labute approximate surface area is 123 Å². The first-order valence-electron chi connectivity index (χ1n) is 7.09. The van der Waals surface area contributed by atoms with E-state index in [0.29, 0.717) is 12.0 Å². The van der Waals surface area contributed by atoms with Crippen LogP contribution in [0.1, 0.15) is 24.9 Å². The molecule has 2 atom stereocenters. The molecule has 0 radical (unpaired) electrons. The van der Waals surface area contributed by atoms with Gasteiger partial charge in [-0.25, -0.2) is 0 Å². The smallest absolute Gasteiger partial charge is 0.161 e. The van der Waals surface area contributed by atoms with Gasteiger partial charge in [-0.05, 0) is 57.7 Å². The Bertz CT molecular complexity index is 399. The van der Waals surface area contributed by atoms with Crippen LogP contribution in [0, 0.1) is 5.92 Å². The van der Waals surface area contributed by atoms with Crippen molar-refractivity contribution in [1.82, 2.24) is 10.2 Å². The normalized spacial score (nSPS) is 22.1. The maximum absolute atomic E-state index is 5.36. The Morgan fingerprint density at radius 3 is 2.20 bits per heavy atom. The lowest BCUT2D eigenvalue weighted by atomic mass is 9.95. The van der Waals surface area contributed by atoms with Crippen LogP contribution in [0.25, 0.3) is 0 Å². The molecule has 1 aliphatic rings. The Morgan fingerprint density at radius 1 is 1.15 bits per heavy atom. The number of nitrogens with zero attached hydrogens (tertiary/aromatic N) is 1. The lowest BCUT2D eigenvalue weighted by molar-refractivity contribution is 0.283. The molecule has 0 spiro atoms. The van der Waals surface area contributed by atoms with Crippen LogP contribution in [0.15, 0.2) is 18.2 Å². The molecule has 20 heavy (non-hydrogen) atoms. The van der Waals surface area contributed by atoms with Crippen molar-refractivity contribution in [3.63, 3.8) is 0 Å². The number of benzene rings is 1. The second kappa shape index (κ2) is 8.12. The minimum Gasteiger partial charge on any atom is -0.493 e. The van der Waals surface area contributed by atoms with E-state index in [1.54, 1.807) is 14.2 Å². The summed E-state index contributed by atoms with van der Waals surface area (Å²) in [5, 5.41) is 2.75. The summed E-state index contributed by atoms with van der Waals surface area (Å²) in [7, 11) is 9.29. The van der Waals surface area contributed by atoms with Gasteiger partial charge >= 0.3 is 0 Å². The molecule has 0 bridgehead atoms. The molecule has 2 rings (SSSR count). The summed E-state index contributed by atoms with van der Waals surface area (Å²) in [6.07, 6.45) is 1.26. The summed E-state index contributed by atoms with van der Waals surface area (Å²) in [5.74, 6) is 2.31. The maximum atomic E-state index is 5.36. The molecule has 2 unspecified atom stereocenters. The Hall–Kier alpha value is -1.26. The second-order valence-electron chi connectivity index (χ2n) is 5.31. The van der Waals surface area contributed by atoms with Crippen molar-refractivity contribution in [2.45, 2.75) is 19.4 Å². The number of ether oxygens (including phenoxy) is 2. The molecule has 0 amide bonds. The van der Waals surface area contributed by atoms with E-state index < -0.39 is 0 Å². The highest BCUT2D eigenvalue weighted by atomic mass is 16.5. The van der Waals surface area contributed by atoms with Crippen LogP contribution in [0.4, 0.5) is 0 Å². The summed E-state index contributed by atoms with van der Waals surface area (Å²) < 4.78 is 10.6. The minimum atomic E-state index is 0.495. The molecule has 1 aromatic carbocycles. The van der Waals surface area contributed by atoms with Crippen molar-refractivity contribution in [3.05, 3.63) is 23.8 Å². The minimum absolute atomic E-state index is 0.495. The third-order valence-corrected chi connectivity index (χ3v) is 3.70. The van der Waals surface area contributed by atoms with Crippen molar-refractivity contribution in [2.24, 2.45) is 5.92 Å². The van der Waals surface area contributed by atoms with Crippen LogP contribution in [0.2, 0.25) is 0 Å². The maximum Gasteiger partial charge on any atom is 0.161 e. The zero-order valence-corrected chi connectivity index (χ0v) is 13.6. The zero-order chi connectivity index (χ0) is 15.1. The molecule has 1 aromatic rings. The Kier molecular flexibility index (Phi) is 6.82. The van der Waals surface area contributed by atoms with E-state index in [2.05, 4.69) is 36.3 Å². The number of likely N-dealkylation sites (tertiary alicyclic amines) is 1. The van der Waals surface area contributed by atoms with E-state index in [1.165, 1.54) is 18.5 Å². The number of hydrogen-bond acceptors (Lipinski definition) is 4. The van der Waals surface area contributed by atoms with Gasteiger partial charge in [0.1, 0.15) is 0 Å². The molecule has 0 aromatic heterocycles. The lowest BCUT2D eigenvalue weighted by Gasteiger charge is -2.24. The molecule has 0 aliphatic carbocycles. The van der Waals surface area contributed by atoms with Crippen LogP contribution in [-0.2, 0) is 0 Å². The van der Waals surface area contributed by atoms with Crippen molar-refractivity contribution >= 4 is 0 Å². The highest BCUT2D eigenvalue weighted by Gasteiger charge is 2.30. The Morgan fingerprint density at radius 2 is 1.75 bits per heavy atom. The van der Waals surface area contributed by atoms with Gasteiger partial charge in [0.15, 0.2) is 11.5 Å². The fourth-order valence-corrected chi connectivity index (χ4v) is 2.76. The van der Waals surface area contributed by atoms with Crippen molar-refractivity contribution in [2.75, 3.05) is 41.9 Å². The molecule has 0 saturated carbocycles. The number of hydrogen-bond donors (Lipinski definition) is 1. The monoisotopic (exact) mass is 280 g/mol. The molecule has 1 aliphatic heterocycles. The average molecular weight is 280 g/mol. The molecule has 1 saturated heterocycles. The van der Waals surface area contributed by atoms with E-state index in [-0.39, 0.29) is 0 Å². The summed E-state index contributed by atoms with van der Waals surface area (Å²) in [6, 6.07) is 6.73. The van der Waals surface area contributed by atoms with Crippen molar-refractivity contribution < 1.29 is 9.47 Å². The van der Waals surface area contributed by atoms with Gasteiger partial charge in [-0.15, -0.1) is 0 Å². The molecule has 1 heterocycles. The van der Waals surface area contributed by atoms with E-state index in [4.69, 9.17) is 9.47 Å².